The van der Waals surface area contributed by atoms with Gasteiger partial charge in [0.1, 0.15) is 17.2 Å². The summed E-state index contributed by atoms with van der Waals surface area (Å²) in [6.07, 6.45) is 0. The molecule has 1 N–H and O–H groups in total. The minimum absolute atomic E-state index is 0.169. The Morgan fingerprint density at radius 1 is 1.00 bits per heavy atom. The van der Waals surface area contributed by atoms with E-state index >= 15 is 0 Å². The summed E-state index contributed by atoms with van der Waals surface area (Å²) in [7, 11) is 3.15. The van der Waals surface area contributed by atoms with E-state index in [1.165, 1.54) is 0 Å². The first-order valence-corrected chi connectivity index (χ1v) is 10.6. The second-order valence-electron chi connectivity index (χ2n) is 6.33. The highest BCUT2D eigenvalue weighted by Gasteiger charge is 2.11. The first-order valence-electron chi connectivity index (χ1n) is 8.99. The Hall–Kier alpha value is -2.58. The van der Waals surface area contributed by atoms with Crippen molar-refractivity contribution < 1.29 is 19.0 Å². The van der Waals surface area contributed by atoms with Crippen LogP contribution in [0.2, 0.25) is 0 Å². The van der Waals surface area contributed by atoms with Gasteiger partial charge in [0.15, 0.2) is 6.61 Å². The van der Waals surface area contributed by atoms with Crippen molar-refractivity contribution >= 4 is 54.3 Å². The summed E-state index contributed by atoms with van der Waals surface area (Å²) in [5.41, 5.74) is 3.86. The van der Waals surface area contributed by atoms with Crippen molar-refractivity contribution in [3.8, 4) is 17.2 Å². The van der Waals surface area contributed by atoms with Crippen molar-refractivity contribution in [3.05, 3.63) is 63.0 Å². The van der Waals surface area contributed by atoms with Crippen LogP contribution in [0.3, 0.4) is 0 Å². The van der Waals surface area contributed by atoms with E-state index in [1.807, 2.05) is 36.4 Å². The number of carbonyl (C=O) groups excluding carboxylic acids is 1. The van der Waals surface area contributed by atoms with E-state index in [9.17, 15) is 4.79 Å². The number of methoxy groups -OCH3 is 2. The maximum atomic E-state index is 12.2. The van der Waals surface area contributed by atoms with Gasteiger partial charge < -0.3 is 14.2 Å². The van der Waals surface area contributed by atoms with Crippen molar-refractivity contribution in [2.45, 2.75) is 6.92 Å². The molecule has 0 saturated heterocycles. The van der Waals surface area contributed by atoms with E-state index in [4.69, 9.17) is 14.2 Å². The predicted molar refractivity (Wildman–Crippen MR) is 125 cm³/mol. The van der Waals surface area contributed by atoms with Gasteiger partial charge in [-0.3, -0.25) is 4.79 Å². The van der Waals surface area contributed by atoms with E-state index < -0.39 is 0 Å². The largest absolute Gasteiger partial charge is 0.497 e. The molecule has 0 heterocycles. The zero-order valence-corrected chi connectivity index (χ0v) is 19.8. The van der Waals surface area contributed by atoms with Gasteiger partial charge >= 0.3 is 0 Å². The maximum Gasteiger partial charge on any atom is 0.277 e. The van der Waals surface area contributed by atoms with Crippen LogP contribution >= 0.6 is 31.9 Å². The van der Waals surface area contributed by atoms with Gasteiger partial charge in [0, 0.05) is 16.1 Å². The maximum absolute atomic E-state index is 12.2. The lowest BCUT2D eigenvalue weighted by Crippen LogP contribution is -2.25. The normalized spacial score (nSPS) is 11.3. The molecule has 0 saturated carbocycles. The fourth-order valence-corrected chi connectivity index (χ4v) is 3.82. The molecule has 3 aromatic carbocycles. The number of nitrogens with zero attached hydrogens (tertiary/aromatic N) is 1. The zero-order valence-electron chi connectivity index (χ0n) is 16.7. The number of benzene rings is 3. The molecule has 0 unspecified atom stereocenters. The predicted octanol–water partition coefficient (Wildman–Crippen LogP) is 5.30. The summed E-state index contributed by atoms with van der Waals surface area (Å²) in [4.78, 5) is 12.2. The third kappa shape index (κ3) is 5.12. The van der Waals surface area contributed by atoms with E-state index in [0.717, 1.165) is 25.3 Å². The van der Waals surface area contributed by atoms with Crippen molar-refractivity contribution in [1.82, 2.24) is 5.43 Å². The number of rotatable bonds is 7. The van der Waals surface area contributed by atoms with Crippen molar-refractivity contribution in [1.29, 1.82) is 0 Å². The molecule has 0 bridgehead atoms. The molecular weight excluding hydrogens is 516 g/mol. The number of hydrazone groups is 1. The van der Waals surface area contributed by atoms with Crippen LogP contribution in [0.4, 0.5) is 0 Å². The van der Waals surface area contributed by atoms with Crippen LogP contribution in [-0.2, 0) is 4.79 Å². The van der Waals surface area contributed by atoms with E-state index in [1.54, 1.807) is 33.3 Å². The minimum Gasteiger partial charge on any atom is -0.497 e. The van der Waals surface area contributed by atoms with Crippen molar-refractivity contribution in [2.75, 3.05) is 20.8 Å². The fourth-order valence-electron chi connectivity index (χ4n) is 2.83. The Labute approximate surface area is 191 Å². The quantitative estimate of drug-likeness (QED) is 0.329. The topological polar surface area (TPSA) is 69.2 Å². The molecule has 0 aliphatic carbocycles. The smallest absolute Gasteiger partial charge is 0.277 e. The second-order valence-corrected chi connectivity index (χ2v) is 8.04. The van der Waals surface area contributed by atoms with Crippen LogP contribution in [-0.4, -0.2) is 32.4 Å². The molecule has 0 aliphatic rings. The Kier molecular flexibility index (Phi) is 7.33. The molecule has 1 amide bonds. The molecule has 3 aromatic rings. The Bertz CT molecular complexity index is 1120. The molecule has 156 valence electrons. The Morgan fingerprint density at radius 3 is 2.53 bits per heavy atom. The lowest BCUT2D eigenvalue weighted by Gasteiger charge is -2.11. The number of nitrogens with one attached hydrogen (secondary N) is 1. The highest BCUT2D eigenvalue weighted by atomic mass is 79.9. The lowest BCUT2D eigenvalue weighted by atomic mass is 10.1. The summed E-state index contributed by atoms with van der Waals surface area (Å²) in [5, 5.41) is 6.21. The average Bonchev–Trinajstić information content (AvgIpc) is 2.76. The monoisotopic (exact) mass is 534 g/mol. The Balaban J connectivity index is 1.66. The average molecular weight is 536 g/mol. The number of fused-ring (bicyclic) bond motifs is 1. The van der Waals surface area contributed by atoms with Gasteiger partial charge in [0.2, 0.25) is 0 Å². The molecule has 0 spiro atoms. The molecule has 0 fully saturated rings. The second kappa shape index (κ2) is 9.95. The van der Waals surface area contributed by atoms with Crippen LogP contribution in [0.5, 0.6) is 17.2 Å². The van der Waals surface area contributed by atoms with Crippen LogP contribution < -0.4 is 19.6 Å². The van der Waals surface area contributed by atoms with E-state index in [-0.39, 0.29) is 12.5 Å². The zero-order chi connectivity index (χ0) is 21.7. The highest BCUT2D eigenvalue weighted by molar-refractivity contribution is 9.11. The van der Waals surface area contributed by atoms with Gasteiger partial charge in [-0.2, -0.15) is 5.10 Å². The third-order valence-electron chi connectivity index (χ3n) is 4.39. The summed E-state index contributed by atoms with van der Waals surface area (Å²) >= 11 is 7.01. The third-order valence-corrected chi connectivity index (χ3v) is 5.70. The summed E-state index contributed by atoms with van der Waals surface area (Å²) in [5.74, 6) is 1.49. The highest BCUT2D eigenvalue weighted by Crippen LogP contribution is 2.34. The number of amides is 1. The van der Waals surface area contributed by atoms with Crippen molar-refractivity contribution in [3.63, 3.8) is 0 Å². The standard InChI is InChI=1S/C22H20Br2N2O4/c1-13(17-8-6-16(28-2)11-20(17)29-3)25-26-21(27)12-30-19-9-4-14-10-15(23)5-7-18(14)22(19)24/h4-11H,12H2,1-3H3,(H,26,27)/b25-13+. The van der Waals surface area contributed by atoms with Gasteiger partial charge in [-0.1, -0.05) is 28.1 Å². The fraction of sp³-hybridized carbons (Fsp3) is 0.182. The Morgan fingerprint density at radius 2 is 1.80 bits per heavy atom. The summed E-state index contributed by atoms with van der Waals surface area (Å²) < 4.78 is 18.0. The molecule has 8 heteroatoms. The van der Waals surface area contributed by atoms with E-state index in [0.29, 0.717) is 23.0 Å². The molecule has 6 nitrogen and oxygen atoms in total. The van der Waals surface area contributed by atoms with Gasteiger partial charge in [0.05, 0.1) is 24.4 Å². The number of hydrogen-bond acceptors (Lipinski definition) is 5. The van der Waals surface area contributed by atoms with Gasteiger partial charge in [-0.05, 0) is 64.0 Å². The molecule has 0 radical (unpaired) electrons. The van der Waals surface area contributed by atoms with Crippen LogP contribution in [0, 0.1) is 0 Å². The van der Waals surface area contributed by atoms with Crippen LogP contribution in [0.1, 0.15) is 12.5 Å². The molecule has 30 heavy (non-hydrogen) atoms. The number of carbonyl (C=O) groups is 1. The lowest BCUT2D eigenvalue weighted by molar-refractivity contribution is -0.123. The SMILES string of the molecule is COc1ccc(/C(C)=N/NC(=O)COc2ccc3cc(Br)ccc3c2Br)c(OC)c1. The first kappa shape index (κ1) is 22.1. The number of ether oxygens (including phenoxy) is 3. The number of halogens is 2. The summed E-state index contributed by atoms with van der Waals surface area (Å²) in [6.45, 7) is 1.61. The first-order chi connectivity index (χ1) is 14.4. The minimum atomic E-state index is -0.371. The molecule has 0 aromatic heterocycles. The van der Waals surface area contributed by atoms with Gasteiger partial charge in [-0.15, -0.1) is 0 Å². The number of hydrogen-bond donors (Lipinski definition) is 1. The molecular formula is C22H20Br2N2O4. The van der Waals surface area contributed by atoms with Crippen LogP contribution in [0.25, 0.3) is 10.8 Å². The van der Waals surface area contributed by atoms with E-state index in [2.05, 4.69) is 42.4 Å². The van der Waals surface area contributed by atoms with Gasteiger partial charge in [-0.25, -0.2) is 5.43 Å². The molecule has 0 aliphatic heterocycles. The summed E-state index contributed by atoms with van der Waals surface area (Å²) in [6, 6.07) is 15.1. The van der Waals surface area contributed by atoms with Crippen LogP contribution in [0.15, 0.2) is 62.6 Å². The molecule has 0 atom stereocenters. The van der Waals surface area contributed by atoms with Crippen molar-refractivity contribution in [2.24, 2.45) is 5.10 Å². The van der Waals surface area contributed by atoms with Gasteiger partial charge in [0.25, 0.3) is 5.91 Å². The molecule has 3 rings (SSSR count).